The summed E-state index contributed by atoms with van der Waals surface area (Å²) in [6, 6.07) is 14.2. The van der Waals surface area contributed by atoms with Crippen molar-refractivity contribution < 1.29 is 13.3 Å². The Morgan fingerprint density at radius 3 is 2.45 bits per heavy atom. The first-order valence-corrected chi connectivity index (χ1v) is 9.91. The number of rotatable bonds is 6. The van der Waals surface area contributed by atoms with E-state index in [0.717, 1.165) is 9.87 Å². The van der Waals surface area contributed by atoms with Crippen molar-refractivity contribution in [2.24, 2.45) is 0 Å². The minimum atomic E-state index is -3.49. The number of nitro benzene ring substituents is 1. The van der Waals surface area contributed by atoms with Gasteiger partial charge in [0.1, 0.15) is 5.82 Å². The van der Waals surface area contributed by atoms with Gasteiger partial charge < -0.3 is 5.32 Å². The monoisotopic (exact) mass is 411 g/mol. The smallest absolute Gasteiger partial charge is 0.270 e. The average Bonchev–Trinajstić information content (AvgIpc) is 2.71. The number of benzene rings is 2. The van der Waals surface area contributed by atoms with E-state index in [2.05, 4.69) is 10.3 Å². The van der Waals surface area contributed by atoms with Crippen LogP contribution in [0.5, 0.6) is 0 Å². The van der Waals surface area contributed by atoms with E-state index < -0.39 is 14.9 Å². The van der Waals surface area contributed by atoms with Gasteiger partial charge in [-0.2, -0.15) is 5.26 Å². The van der Waals surface area contributed by atoms with E-state index in [1.807, 2.05) is 6.07 Å². The molecule has 9 nitrogen and oxygen atoms in total. The number of hydrogen-bond acceptors (Lipinski definition) is 7. The molecule has 29 heavy (non-hydrogen) atoms. The second-order valence-corrected chi connectivity index (χ2v) is 8.56. The Labute approximate surface area is 167 Å². The first kappa shape index (κ1) is 20.2. The van der Waals surface area contributed by atoms with Gasteiger partial charge in [0.15, 0.2) is 0 Å². The van der Waals surface area contributed by atoms with Crippen molar-refractivity contribution in [2.45, 2.75) is 11.4 Å². The highest BCUT2D eigenvalue weighted by Gasteiger charge is 2.16. The molecule has 0 radical (unpaired) electrons. The molecule has 0 aliphatic rings. The fraction of sp³-hybridized carbons (Fsp3) is 0.158. The van der Waals surface area contributed by atoms with Crippen LogP contribution in [0.15, 0.2) is 53.4 Å². The number of nitrogens with zero attached hydrogens (tertiary/aromatic N) is 4. The van der Waals surface area contributed by atoms with Crippen LogP contribution in [0.3, 0.4) is 0 Å². The van der Waals surface area contributed by atoms with E-state index in [0.29, 0.717) is 23.3 Å². The predicted octanol–water partition coefficient (Wildman–Crippen LogP) is 2.88. The van der Waals surface area contributed by atoms with Crippen molar-refractivity contribution in [3.63, 3.8) is 0 Å². The predicted molar refractivity (Wildman–Crippen MR) is 108 cm³/mol. The first-order valence-electron chi connectivity index (χ1n) is 8.47. The molecule has 148 valence electrons. The van der Waals surface area contributed by atoms with Gasteiger partial charge in [-0.3, -0.25) is 10.1 Å². The maximum atomic E-state index is 12.1. The molecule has 3 rings (SSSR count). The molecule has 1 aromatic heterocycles. The summed E-state index contributed by atoms with van der Waals surface area (Å²) in [5.41, 5.74) is 1.45. The van der Waals surface area contributed by atoms with Crippen molar-refractivity contribution in [3.8, 4) is 6.07 Å². The third-order valence-corrected chi connectivity index (χ3v) is 6.13. The molecule has 3 aromatic rings. The number of nitriles is 1. The normalized spacial score (nSPS) is 11.4. The lowest BCUT2D eigenvalue weighted by Crippen LogP contribution is -2.22. The first-order chi connectivity index (χ1) is 13.7. The van der Waals surface area contributed by atoms with E-state index in [9.17, 15) is 23.8 Å². The Kier molecular flexibility index (Phi) is 5.45. The van der Waals surface area contributed by atoms with Crippen molar-refractivity contribution in [1.82, 2.24) is 9.29 Å². The van der Waals surface area contributed by atoms with Crippen LogP contribution in [-0.4, -0.2) is 36.7 Å². The van der Waals surface area contributed by atoms with Crippen LogP contribution < -0.4 is 5.32 Å². The molecular formula is C19H17N5O4S. The lowest BCUT2D eigenvalue weighted by molar-refractivity contribution is -0.384. The summed E-state index contributed by atoms with van der Waals surface area (Å²) in [6.45, 7) is 0.360. The standard InChI is InChI=1S/C19H17N5O4S/c1-23(2)29(27,28)16-6-3-13(4-7-16)12-21-19-9-14(11-20)17-10-15(24(25)26)5-8-18(17)22-19/h3-10H,12H2,1-2H3,(H,21,22). The number of pyridine rings is 1. The zero-order valence-electron chi connectivity index (χ0n) is 15.7. The van der Waals surface area contributed by atoms with Crippen LogP contribution in [0.2, 0.25) is 0 Å². The van der Waals surface area contributed by atoms with Gasteiger partial charge in [-0.1, -0.05) is 12.1 Å². The maximum Gasteiger partial charge on any atom is 0.270 e. The molecule has 0 saturated carbocycles. The molecule has 0 unspecified atom stereocenters. The summed E-state index contributed by atoms with van der Waals surface area (Å²) >= 11 is 0. The highest BCUT2D eigenvalue weighted by Crippen LogP contribution is 2.25. The SMILES string of the molecule is CN(C)S(=O)(=O)c1ccc(CNc2cc(C#N)c3cc([N+](=O)[O-])ccc3n2)cc1. The second kappa shape index (κ2) is 7.83. The number of fused-ring (bicyclic) bond motifs is 1. The highest BCUT2D eigenvalue weighted by molar-refractivity contribution is 7.89. The molecule has 0 saturated heterocycles. The fourth-order valence-corrected chi connectivity index (χ4v) is 3.59. The molecule has 1 N–H and O–H groups in total. The Hall–Kier alpha value is -3.55. The van der Waals surface area contributed by atoms with Crippen LogP contribution >= 0.6 is 0 Å². The minimum Gasteiger partial charge on any atom is -0.366 e. The molecule has 2 aromatic carbocycles. The second-order valence-electron chi connectivity index (χ2n) is 6.41. The topological polar surface area (TPSA) is 129 Å². The summed E-state index contributed by atoms with van der Waals surface area (Å²) in [7, 11) is -0.548. The fourth-order valence-electron chi connectivity index (χ4n) is 2.69. The van der Waals surface area contributed by atoms with Gasteiger partial charge in [-0.25, -0.2) is 17.7 Å². The number of non-ortho nitro benzene ring substituents is 1. The molecule has 1 heterocycles. The van der Waals surface area contributed by atoms with E-state index >= 15 is 0 Å². The van der Waals surface area contributed by atoms with Gasteiger partial charge >= 0.3 is 0 Å². The molecule has 0 bridgehead atoms. The van der Waals surface area contributed by atoms with E-state index in [-0.39, 0.29) is 16.1 Å². The van der Waals surface area contributed by atoms with Crippen LogP contribution in [-0.2, 0) is 16.6 Å². The number of nitro groups is 1. The van der Waals surface area contributed by atoms with Gasteiger partial charge in [-0.05, 0) is 29.8 Å². The van der Waals surface area contributed by atoms with Crippen molar-refractivity contribution in [2.75, 3.05) is 19.4 Å². The van der Waals surface area contributed by atoms with E-state index in [4.69, 9.17) is 0 Å². The summed E-state index contributed by atoms with van der Waals surface area (Å²) in [4.78, 5) is 15.0. The van der Waals surface area contributed by atoms with Gasteiger partial charge in [-0.15, -0.1) is 0 Å². The maximum absolute atomic E-state index is 12.1. The third kappa shape index (κ3) is 4.16. The Morgan fingerprint density at radius 1 is 1.17 bits per heavy atom. The third-order valence-electron chi connectivity index (χ3n) is 4.30. The number of anilines is 1. The van der Waals surface area contributed by atoms with Gasteiger partial charge in [0.25, 0.3) is 5.69 Å². The van der Waals surface area contributed by atoms with Gasteiger partial charge in [0.05, 0.1) is 27.0 Å². The molecule has 0 atom stereocenters. The molecule has 0 amide bonds. The Balaban J connectivity index is 1.83. The van der Waals surface area contributed by atoms with Crippen LogP contribution in [0.25, 0.3) is 10.9 Å². The summed E-state index contributed by atoms with van der Waals surface area (Å²) < 4.78 is 25.4. The largest absolute Gasteiger partial charge is 0.366 e. The molecule has 0 aliphatic heterocycles. The van der Waals surface area contributed by atoms with Gasteiger partial charge in [0.2, 0.25) is 10.0 Å². The quantitative estimate of drug-likeness (QED) is 0.487. The zero-order valence-corrected chi connectivity index (χ0v) is 16.5. The van der Waals surface area contributed by atoms with E-state index in [1.54, 1.807) is 12.1 Å². The molecule has 0 spiro atoms. The molecule has 10 heteroatoms. The van der Waals surface area contributed by atoms with Crippen molar-refractivity contribution in [1.29, 1.82) is 5.26 Å². The molecule has 0 fully saturated rings. The van der Waals surface area contributed by atoms with Gasteiger partial charge in [0, 0.05) is 38.2 Å². The molecular weight excluding hydrogens is 394 g/mol. The average molecular weight is 411 g/mol. The lowest BCUT2D eigenvalue weighted by atomic mass is 10.1. The highest BCUT2D eigenvalue weighted by atomic mass is 32.2. The summed E-state index contributed by atoms with van der Waals surface area (Å²) in [5, 5.41) is 23.8. The minimum absolute atomic E-state index is 0.107. The summed E-state index contributed by atoms with van der Waals surface area (Å²) in [6.07, 6.45) is 0. The Morgan fingerprint density at radius 2 is 1.86 bits per heavy atom. The van der Waals surface area contributed by atoms with Crippen LogP contribution in [0.4, 0.5) is 11.5 Å². The number of aromatic nitrogens is 1. The number of sulfonamides is 1. The van der Waals surface area contributed by atoms with Crippen LogP contribution in [0, 0.1) is 21.4 Å². The van der Waals surface area contributed by atoms with Crippen LogP contribution in [0.1, 0.15) is 11.1 Å². The van der Waals surface area contributed by atoms with E-state index in [1.165, 1.54) is 50.5 Å². The lowest BCUT2D eigenvalue weighted by Gasteiger charge is -2.12. The van der Waals surface area contributed by atoms with Crippen molar-refractivity contribution in [3.05, 3.63) is 69.8 Å². The Bertz CT molecular complexity index is 1230. The molecule has 0 aliphatic carbocycles. The summed E-state index contributed by atoms with van der Waals surface area (Å²) in [5.74, 6) is 0.438. The number of nitrogens with one attached hydrogen (secondary N) is 1. The van der Waals surface area contributed by atoms with Crippen molar-refractivity contribution >= 4 is 32.4 Å². The number of hydrogen-bond donors (Lipinski definition) is 1. The zero-order chi connectivity index (χ0) is 21.2.